The van der Waals surface area contributed by atoms with Crippen LogP contribution in [-0.4, -0.2) is 30.6 Å². The van der Waals surface area contributed by atoms with Crippen molar-refractivity contribution in [3.8, 4) is 5.75 Å². The molecule has 1 aliphatic rings. The molecule has 24 heavy (non-hydrogen) atoms. The molecule has 1 aromatic rings. The number of para-hydroxylation sites is 1. The first-order chi connectivity index (χ1) is 11.5. The Bertz CT molecular complexity index is 578. The van der Waals surface area contributed by atoms with Gasteiger partial charge in [-0.05, 0) is 30.4 Å². The van der Waals surface area contributed by atoms with Crippen LogP contribution in [0.5, 0.6) is 5.75 Å². The first-order valence-electron chi connectivity index (χ1n) is 8.61. The molecule has 2 N–H and O–H groups in total. The molecule has 5 nitrogen and oxygen atoms in total. The number of aliphatic carboxylic acids is 1. The molecule has 1 amide bonds. The van der Waals surface area contributed by atoms with Crippen LogP contribution in [0.25, 0.3) is 0 Å². The Morgan fingerprint density at radius 3 is 2.54 bits per heavy atom. The van der Waals surface area contributed by atoms with Gasteiger partial charge in [0, 0.05) is 13.0 Å². The normalized spacial score (nSPS) is 17.8. The SMILES string of the molecule is COc1ccccc1C(C)CC(=O)NCC1(C(=O)O)CCCCC1. The maximum absolute atomic E-state index is 12.3. The first-order valence-corrected chi connectivity index (χ1v) is 8.61. The van der Waals surface area contributed by atoms with E-state index in [9.17, 15) is 14.7 Å². The molecule has 132 valence electrons. The number of benzene rings is 1. The summed E-state index contributed by atoms with van der Waals surface area (Å²) in [6, 6.07) is 7.66. The number of hydrogen-bond acceptors (Lipinski definition) is 3. The van der Waals surface area contributed by atoms with Crippen molar-refractivity contribution in [1.82, 2.24) is 5.32 Å². The van der Waals surface area contributed by atoms with Gasteiger partial charge in [-0.1, -0.05) is 44.4 Å². The molecule has 0 spiro atoms. The van der Waals surface area contributed by atoms with Gasteiger partial charge >= 0.3 is 5.97 Å². The van der Waals surface area contributed by atoms with E-state index in [1.54, 1.807) is 7.11 Å². The maximum Gasteiger partial charge on any atom is 0.311 e. The van der Waals surface area contributed by atoms with Gasteiger partial charge in [0.05, 0.1) is 12.5 Å². The molecular formula is C19H27NO4. The zero-order valence-electron chi connectivity index (χ0n) is 14.5. The van der Waals surface area contributed by atoms with Crippen molar-refractivity contribution in [2.24, 2.45) is 5.41 Å². The third-order valence-corrected chi connectivity index (χ3v) is 5.05. The lowest BCUT2D eigenvalue weighted by Crippen LogP contribution is -2.44. The van der Waals surface area contributed by atoms with Gasteiger partial charge in [-0.3, -0.25) is 9.59 Å². The standard InChI is InChI=1S/C19H27NO4/c1-14(15-8-4-5-9-16(15)24-2)12-17(21)20-13-19(18(22)23)10-6-3-7-11-19/h4-5,8-9,14H,3,6-7,10-13H2,1-2H3,(H,20,21)(H,22,23). The highest BCUT2D eigenvalue weighted by Gasteiger charge is 2.39. The average molecular weight is 333 g/mol. The van der Waals surface area contributed by atoms with Crippen LogP contribution < -0.4 is 10.1 Å². The van der Waals surface area contributed by atoms with E-state index in [0.29, 0.717) is 19.3 Å². The van der Waals surface area contributed by atoms with Crippen molar-refractivity contribution in [2.45, 2.75) is 51.4 Å². The second-order valence-corrected chi connectivity index (χ2v) is 6.77. The van der Waals surface area contributed by atoms with E-state index in [-0.39, 0.29) is 18.4 Å². The Kier molecular flexibility index (Phi) is 6.23. The number of ether oxygens (including phenoxy) is 1. The Balaban J connectivity index is 1.94. The molecule has 5 heteroatoms. The number of carbonyl (C=O) groups is 2. The van der Waals surface area contributed by atoms with Crippen LogP contribution in [0, 0.1) is 5.41 Å². The molecule has 1 fully saturated rings. The topological polar surface area (TPSA) is 75.6 Å². The molecule has 1 aromatic carbocycles. The lowest BCUT2D eigenvalue weighted by atomic mass is 9.74. The third kappa shape index (κ3) is 4.28. The van der Waals surface area contributed by atoms with Crippen molar-refractivity contribution in [2.75, 3.05) is 13.7 Å². The van der Waals surface area contributed by atoms with E-state index in [0.717, 1.165) is 30.6 Å². The summed E-state index contributed by atoms with van der Waals surface area (Å²) in [5, 5.41) is 12.4. The van der Waals surface area contributed by atoms with E-state index < -0.39 is 11.4 Å². The number of carboxylic acids is 1. The van der Waals surface area contributed by atoms with Crippen LogP contribution in [0.3, 0.4) is 0 Å². The minimum Gasteiger partial charge on any atom is -0.496 e. The molecule has 0 heterocycles. The lowest BCUT2D eigenvalue weighted by Gasteiger charge is -2.33. The van der Waals surface area contributed by atoms with Gasteiger partial charge in [-0.2, -0.15) is 0 Å². The average Bonchev–Trinajstić information content (AvgIpc) is 2.60. The number of amides is 1. The summed E-state index contributed by atoms with van der Waals surface area (Å²) in [5.74, 6) is -0.125. The smallest absolute Gasteiger partial charge is 0.311 e. The maximum atomic E-state index is 12.3. The summed E-state index contributed by atoms with van der Waals surface area (Å²) in [5.41, 5.74) is 0.197. The number of rotatable bonds is 7. The first kappa shape index (κ1) is 18.3. The molecule has 1 atom stereocenters. The molecule has 0 bridgehead atoms. The largest absolute Gasteiger partial charge is 0.496 e. The van der Waals surface area contributed by atoms with Crippen LogP contribution in [0.2, 0.25) is 0 Å². The molecule has 1 saturated carbocycles. The summed E-state index contributed by atoms with van der Waals surface area (Å²) < 4.78 is 5.34. The monoisotopic (exact) mass is 333 g/mol. The van der Waals surface area contributed by atoms with E-state index in [1.807, 2.05) is 31.2 Å². The summed E-state index contributed by atoms with van der Waals surface area (Å²) in [6.07, 6.45) is 4.51. The van der Waals surface area contributed by atoms with Crippen molar-refractivity contribution in [3.05, 3.63) is 29.8 Å². The lowest BCUT2D eigenvalue weighted by molar-refractivity contribution is -0.151. The number of nitrogens with one attached hydrogen (secondary N) is 1. The van der Waals surface area contributed by atoms with Crippen molar-refractivity contribution < 1.29 is 19.4 Å². The van der Waals surface area contributed by atoms with Gasteiger partial charge < -0.3 is 15.2 Å². The molecule has 0 radical (unpaired) electrons. The molecule has 0 aliphatic heterocycles. The van der Waals surface area contributed by atoms with Crippen molar-refractivity contribution in [1.29, 1.82) is 0 Å². The van der Waals surface area contributed by atoms with E-state index >= 15 is 0 Å². The van der Waals surface area contributed by atoms with E-state index in [2.05, 4.69) is 5.32 Å². The van der Waals surface area contributed by atoms with Gasteiger partial charge in [-0.25, -0.2) is 0 Å². The Labute approximate surface area is 143 Å². The van der Waals surface area contributed by atoms with Crippen LogP contribution in [0.1, 0.15) is 56.9 Å². The highest BCUT2D eigenvalue weighted by atomic mass is 16.5. The molecule has 1 unspecified atom stereocenters. The predicted molar refractivity (Wildman–Crippen MR) is 92.2 cm³/mol. The van der Waals surface area contributed by atoms with E-state index in [4.69, 9.17) is 4.74 Å². The van der Waals surface area contributed by atoms with E-state index in [1.165, 1.54) is 0 Å². The Morgan fingerprint density at radius 2 is 1.92 bits per heavy atom. The van der Waals surface area contributed by atoms with Crippen molar-refractivity contribution in [3.63, 3.8) is 0 Å². The fraction of sp³-hybridized carbons (Fsp3) is 0.579. The minimum atomic E-state index is -0.791. The molecule has 0 aromatic heterocycles. The Morgan fingerprint density at radius 1 is 1.25 bits per heavy atom. The molecule has 0 saturated heterocycles. The molecule has 2 rings (SSSR count). The summed E-state index contributed by atoms with van der Waals surface area (Å²) >= 11 is 0. The van der Waals surface area contributed by atoms with Gasteiger partial charge in [-0.15, -0.1) is 0 Å². The quantitative estimate of drug-likeness (QED) is 0.802. The van der Waals surface area contributed by atoms with Gasteiger partial charge in [0.25, 0.3) is 0 Å². The number of carbonyl (C=O) groups excluding carboxylic acids is 1. The second kappa shape index (κ2) is 8.18. The van der Waals surface area contributed by atoms with Crippen LogP contribution in [-0.2, 0) is 9.59 Å². The summed E-state index contributed by atoms with van der Waals surface area (Å²) in [6.45, 7) is 2.20. The van der Waals surface area contributed by atoms with Gasteiger partial charge in [0.15, 0.2) is 0 Å². The zero-order chi connectivity index (χ0) is 17.6. The summed E-state index contributed by atoms with van der Waals surface area (Å²) in [4.78, 5) is 23.9. The van der Waals surface area contributed by atoms with Crippen LogP contribution in [0.4, 0.5) is 0 Å². The second-order valence-electron chi connectivity index (χ2n) is 6.77. The third-order valence-electron chi connectivity index (χ3n) is 5.05. The fourth-order valence-corrected chi connectivity index (χ4v) is 3.50. The van der Waals surface area contributed by atoms with Gasteiger partial charge in [0.2, 0.25) is 5.91 Å². The van der Waals surface area contributed by atoms with Crippen LogP contribution >= 0.6 is 0 Å². The van der Waals surface area contributed by atoms with Crippen molar-refractivity contribution >= 4 is 11.9 Å². The number of methoxy groups -OCH3 is 1. The van der Waals surface area contributed by atoms with Crippen LogP contribution in [0.15, 0.2) is 24.3 Å². The number of hydrogen-bond donors (Lipinski definition) is 2. The molecular weight excluding hydrogens is 306 g/mol. The summed E-state index contributed by atoms with van der Waals surface area (Å²) in [7, 11) is 1.62. The zero-order valence-corrected chi connectivity index (χ0v) is 14.5. The highest BCUT2D eigenvalue weighted by molar-refractivity contribution is 5.79. The molecule has 1 aliphatic carbocycles. The Hall–Kier alpha value is -2.04. The highest BCUT2D eigenvalue weighted by Crippen LogP contribution is 2.36. The fourth-order valence-electron chi connectivity index (χ4n) is 3.50. The number of carboxylic acid groups (broad SMARTS) is 1. The minimum absolute atomic E-state index is 0.00767. The van der Waals surface area contributed by atoms with Gasteiger partial charge in [0.1, 0.15) is 5.75 Å². The predicted octanol–water partition coefficient (Wildman–Crippen LogP) is 3.34.